The van der Waals surface area contributed by atoms with Gasteiger partial charge in [-0.3, -0.25) is 0 Å². The molecule has 0 aromatic heterocycles. The molecule has 0 saturated carbocycles. The van der Waals surface area contributed by atoms with E-state index in [-0.39, 0.29) is 0 Å². The van der Waals surface area contributed by atoms with Crippen molar-refractivity contribution in [2.24, 2.45) is 0 Å². The fourth-order valence-electron chi connectivity index (χ4n) is 3.56. The van der Waals surface area contributed by atoms with Gasteiger partial charge in [0, 0.05) is 0 Å². The molecule has 0 aliphatic rings. The molecule has 0 unspecified atom stereocenters. The van der Waals surface area contributed by atoms with Gasteiger partial charge in [0.1, 0.15) is 0 Å². The topological polar surface area (TPSA) is 0 Å². The molecule has 142 valence electrons. The minimum atomic E-state index is 0.983. The molecule has 0 bridgehead atoms. The molecule has 3 aromatic rings. The lowest BCUT2D eigenvalue weighted by Gasteiger charge is -2.10. The number of hydrogen-bond acceptors (Lipinski definition) is 0. The maximum absolute atomic E-state index is 4.31. The van der Waals surface area contributed by atoms with Crippen LogP contribution in [-0.4, -0.2) is 0 Å². The molecular formula is C28H30. The summed E-state index contributed by atoms with van der Waals surface area (Å²) in [5.74, 6) is 0. The van der Waals surface area contributed by atoms with Gasteiger partial charge in [-0.1, -0.05) is 90.5 Å². The Morgan fingerprint density at radius 3 is 2.25 bits per heavy atom. The van der Waals surface area contributed by atoms with Crippen LogP contribution in [-0.2, 0) is 6.42 Å². The smallest absolute Gasteiger partial charge is 0.0155 e. The SMILES string of the molecule is C=C(CCc1ccc(-c2ccc(C)cc2C)cc1)C(C)=Cc1ccccc1C. The first-order valence-corrected chi connectivity index (χ1v) is 10.0. The Morgan fingerprint density at radius 1 is 0.857 bits per heavy atom. The number of rotatable bonds is 6. The summed E-state index contributed by atoms with van der Waals surface area (Å²) in [4.78, 5) is 0. The fraction of sp³-hybridized carbons (Fsp3) is 0.214. The zero-order chi connectivity index (χ0) is 20.1. The average molecular weight is 367 g/mol. The van der Waals surface area contributed by atoms with Gasteiger partial charge >= 0.3 is 0 Å². The minimum absolute atomic E-state index is 0.983. The molecule has 0 heteroatoms. The Hall–Kier alpha value is -2.86. The van der Waals surface area contributed by atoms with Crippen LogP contribution in [0.1, 0.15) is 41.2 Å². The zero-order valence-corrected chi connectivity index (χ0v) is 17.5. The maximum Gasteiger partial charge on any atom is -0.0155 e. The second-order valence-corrected chi connectivity index (χ2v) is 7.80. The minimum Gasteiger partial charge on any atom is -0.0956 e. The van der Waals surface area contributed by atoms with Crippen molar-refractivity contribution in [2.45, 2.75) is 40.5 Å². The largest absolute Gasteiger partial charge is 0.0956 e. The normalized spacial score (nSPS) is 11.5. The van der Waals surface area contributed by atoms with Gasteiger partial charge in [0.25, 0.3) is 0 Å². The van der Waals surface area contributed by atoms with Gasteiger partial charge in [-0.05, 0) is 79.5 Å². The van der Waals surface area contributed by atoms with Crippen LogP contribution >= 0.6 is 0 Å². The van der Waals surface area contributed by atoms with E-state index in [0.717, 1.165) is 12.8 Å². The van der Waals surface area contributed by atoms with Crippen LogP contribution in [0.4, 0.5) is 0 Å². The molecule has 0 heterocycles. The zero-order valence-electron chi connectivity index (χ0n) is 17.5. The van der Waals surface area contributed by atoms with Gasteiger partial charge in [0.2, 0.25) is 0 Å². The molecule has 0 radical (unpaired) electrons. The Bertz CT molecular complexity index is 1000. The van der Waals surface area contributed by atoms with Crippen molar-refractivity contribution in [1.29, 1.82) is 0 Å². The Balaban J connectivity index is 1.64. The van der Waals surface area contributed by atoms with Gasteiger partial charge in [0.15, 0.2) is 0 Å². The van der Waals surface area contributed by atoms with Crippen molar-refractivity contribution in [3.63, 3.8) is 0 Å². The van der Waals surface area contributed by atoms with Crippen molar-refractivity contribution in [1.82, 2.24) is 0 Å². The standard InChI is InChI=1S/C28H30/c1-20-10-17-28(24(5)18-20)26-15-13-25(14-16-26)12-11-21(2)23(4)19-27-9-7-6-8-22(27)3/h6-10,13-19H,2,11-12H2,1,3-5H3. The molecular weight excluding hydrogens is 336 g/mol. The second kappa shape index (κ2) is 8.89. The quantitative estimate of drug-likeness (QED) is 0.389. The molecule has 0 aliphatic carbocycles. The van der Waals surface area contributed by atoms with Crippen LogP contribution < -0.4 is 0 Å². The summed E-state index contributed by atoms with van der Waals surface area (Å²) >= 11 is 0. The molecule has 0 amide bonds. The van der Waals surface area contributed by atoms with Gasteiger partial charge in [0.05, 0.1) is 0 Å². The van der Waals surface area contributed by atoms with Crippen molar-refractivity contribution < 1.29 is 0 Å². The highest BCUT2D eigenvalue weighted by Gasteiger charge is 2.04. The first-order chi connectivity index (χ1) is 13.4. The van der Waals surface area contributed by atoms with E-state index in [2.05, 4.69) is 107 Å². The predicted molar refractivity (Wildman–Crippen MR) is 124 cm³/mol. The third-order valence-corrected chi connectivity index (χ3v) is 5.48. The molecule has 0 nitrogen and oxygen atoms in total. The van der Waals surface area contributed by atoms with Gasteiger partial charge in [-0.15, -0.1) is 0 Å². The third-order valence-electron chi connectivity index (χ3n) is 5.48. The van der Waals surface area contributed by atoms with Gasteiger partial charge in [-0.25, -0.2) is 0 Å². The third kappa shape index (κ3) is 4.89. The second-order valence-electron chi connectivity index (χ2n) is 7.80. The van der Waals surface area contributed by atoms with Crippen molar-refractivity contribution in [3.8, 4) is 11.1 Å². The van der Waals surface area contributed by atoms with Crippen LogP contribution in [0.3, 0.4) is 0 Å². The maximum atomic E-state index is 4.31. The van der Waals surface area contributed by atoms with Crippen LogP contribution in [0.15, 0.2) is 84.5 Å². The molecule has 3 aromatic carbocycles. The van der Waals surface area contributed by atoms with E-state index in [1.54, 1.807) is 0 Å². The molecule has 0 saturated heterocycles. The Kier molecular flexibility index (Phi) is 6.31. The molecule has 3 rings (SSSR count). The van der Waals surface area contributed by atoms with Crippen molar-refractivity contribution in [2.75, 3.05) is 0 Å². The first-order valence-electron chi connectivity index (χ1n) is 10.0. The van der Waals surface area contributed by atoms with Gasteiger partial charge in [-0.2, -0.15) is 0 Å². The molecule has 0 spiro atoms. The van der Waals surface area contributed by atoms with E-state index < -0.39 is 0 Å². The van der Waals surface area contributed by atoms with Crippen molar-refractivity contribution >= 4 is 6.08 Å². The van der Waals surface area contributed by atoms with E-state index in [0.29, 0.717) is 0 Å². The lowest BCUT2D eigenvalue weighted by Crippen LogP contribution is -1.91. The fourth-order valence-corrected chi connectivity index (χ4v) is 3.56. The van der Waals surface area contributed by atoms with E-state index >= 15 is 0 Å². The highest BCUT2D eigenvalue weighted by atomic mass is 14.1. The highest BCUT2D eigenvalue weighted by molar-refractivity contribution is 5.67. The lowest BCUT2D eigenvalue weighted by atomic mass is 9.95. The summed E-state index contributed by atoms with van der Waals surface area (Å²) in [6.45, 7) is 13.0. The summed E-state index contributed by atoms with van der Waals surface area (Å²) in [7, 11) is 0. The van der Waals surface area contributed by atoms with E-state index in [1.165, 1.54) is 50.1 Å². The number of aryl methyl sites for hydroxylation is 4. The molecule has 0 fully saturated rings. The number of benzene rings is 3. The van der Waals surface area contributed by atoms with Crippen molar-refractivity contribution in [3.05, 3.63) is 112 Å². The molecule has 28 heavy (non-hydrogen) atoms. The van der Waals surface area contributed by atoms with Gasteiger partial charge < -0.3 is 0 Å². The van der Waals surface area contributed by atoms with Crippen LogP contribution in [0, 0.1) is 20.8 Å². The molecule has 0 N–H and O–H groups in total. The van der Waals surface area contributed by atoms with Crippen LogP contribution in [0.25, 0.3) is 17.2 Å². The summed E-state index contributed by atoms with van der Waals surface area (Å²) in [6, 6.07) is 24.1. The lowest BCUT2D eigenvalue weighted by molar-refractivity contribution is 0.954. The van der Waals surface area contributed by atoms with E-state index in [1.807, 2.05) is 0 Å². The summed E-state index contributed by atoms with van der Waals surface area (Å²) in [5.41, 5.74) is 11.7. The summed E-state index contributed by atoms with van der Waals surface area (Å²) in [5, 5.41) is 0. The Labute approximate surface area is 170 Å². The predicted octanol–water partition coefficient (Wildman–Crippen LogP) is 7.87. The highest BCUT2D eigenvalue weighted by Crippen LogP contribution is 2.25. The number of hydrogen-bond donors (Lipinski definition) is 0. The van der Waals surface area contributed by atoms with E-state index in [9.17, 15) is 0 Å². The first kappa shape index (κ1) is 19.9. The summed E-state index contributed by atoms with van der Waals surface area (Å²) in [6.07, 6.45) is 4.25. The summed E-state index contributed by atoms with van der Waals surface area (Å²) < 4.78 is 0. The molecule has 0 atom stereocenters. The van der Waals surface area contributed by atoms with Crippen LogP contribution in [0.5, 0.6) is 0 Å². The Morgan fingerprint density at radius 2 is 1.57 bits per heavy atom. The monoisotopic (exact) mass is 366 g/mol. The average Bonchev–Trinajstić information content (AvgIpc) is 2.68. The number of allylic oxidation sites excluding steroid dienone is 2. The van der Waals surface area contributed by atoms with Crippen LogP contribution in [0.2, 0.25) is 0 Å². The van der Waals surface area contributed by atoms with E-state index in [4.69, 9.17) is 0 Å². The molecule has 0 aliphatic heterocycles.